The number of rotatable bonds is 3. The van der Waals surface area contributed by atoms with Gasteiger partial charge < -0.3 is 10.2 Å². The van der Waals surface area contributed by atoms with E-state index in [1.807, 2.05) is 0 Å². The van der Waals surface area contributed by atoms with E-state index in [0.717, 1.165) is 26.1 Å². The van der Waals surface area contributed by atoms with Crippen molar-refractivity contribution in [2.75, 3.05) is 19.6 Å². The van der Waals surface area contributed by atoms with Gasteiger partial charge in [0.1, 0.15) is 0 Å². The van der Waals surface area contributed by atoms with E-state index in [0.29, 0.717) is 11.3 Å². The van der Waals surface area contributed by atoms with Crippen molar-refractivity contribution < 1.29 is 4.79 Å². The summed E-state index contributed by atoms with van der Waals surface area (Å²) in [5.41, 5.74) is 0.511. The highest BCUT2D eigenvalue weighted by molar-refractivity contribution is 5.82. The third-order valence-electron chi connectivity index (χ3n) is 5.24. The van der Waals surface area contributed by atoms with Crippen LogP contribution in [0.15, 0.2) is 0 Å². The maximum absolute atomic E-state index is 12.4. The number of hydrogen-bond donors (Lipinski definition) is 1. The molecule has 3 nitrogen and oxygen atoms in total. The molecule has 1 atom stereocenters. The highest BCUT2D eigenvalue weighted by Crippen LogP contribution is 2.38. The smallest absolute Gasteiger partial charge is 0.239 e. The Labute approximate surface area is 111 Å². The quantitative estimate of drug-likeness (QED) is 0.837. The van der Waals surface area contributed by atoms with Gasteiger partial charge in [-0.3, -0.25) is 4.79 Å². The van der Waals surface area contributed by atoms with Crippen LogP contribution in [-0.4, -0.2) is 36.5 Å². The first-order valence-corrected chi connectivity index (χ1v) is 7.73. The number of hydrogen-bond acceptors (Lipinski definition) is 2. The summed E-state index contributed by atoms with van der Waals surface area (Å²) in [7, 11) is 0. The van der Waals surface area contributed by atoms with Gasteiger partial charge in [0.15, 0.2) is 0 Å². The number of amides is 1. The lowest BCUT2D eigenvalue weighted by atomic mass is 9.74. The number of piperidine rings is 2. The summed E-state index contributed by atoms with van der Waals surface area (Å²) in [5, 5.41) is 3.37. The molecule has 2 aliphatic rings. The second-order valence-electron chi connectivity index (χ2n) is 6.03. The molecule has 104 valence electrons. The molecule has 18 heavy (non-hydrogen) atoms. The predicted molar refractivity (Wildman–Crippen MR) is 74.5 cm³/mol. The Morgan fingerprint density at radius 3 is 2.39 bits per heavy atom. The zero-order valence-electron chi connectivity index (χ0n) is 12.0. The molecule has 2 saturated heterocycles. The molecule has 0 aromatic carbocycles. The molecular weight excluding hydrogens is 224 g/mol. The van der Waals surface area contributed by atoms with Crippen molar-refractivity contribution >= 4 is 5.91 Å². The van der Waals surface area contributed by atoms with E-state index < -0.39 is 0 Å². The van der Waals surface area contributed by atoms with Gasteiger partial charge in [-0.15, -0.1) is 0 Å². The minimum atomic E-state index is 0.106. The molecule has 3 heteroatoms. The Balaban J connectivity index is 1.87. The summed E-state index contributed by atoms with van der Waals surface area (Å²) >= 11 is 0. The van der Waals surface area contributed by atoms with E-state index in [-0.39, 0.29) is 6.04 Å². The van der Waals surface area contributed by atoms with E-state index in [2.05, 4.69) is 24.1 Å². The highest BCUT2D eigenvalue weighted by Gasteiger charge is 2.34. The molecule has 0 unspecified atom stereocenters. The number of carbonyl (C=O) groups excluding carboxylic acids is 1. The summed E-state index contributed by atoms with van der Waals surface area (Å²) < 4.78 is 0. The normalized spacial score (nSPS) is 28.1. The van der Waals surface area contributed by atoms with Crippen LogP contribution in [0, 0.1) is 5.41 Å². The highest BCUT2D eigenvalue weighted by atomic mass is 16.2. The molecule has 0 radical (unpaired) electrons. The monoisotopic (exact) mass is 252 g/mol. The van der Waals surface area contributed by atoms with E-state index in [1.54, 1.807) is 0 Å². The van der Waals surface area contributed by atoms with Gasteiger partial charge in [-0.25, -0.2) is 0 Å². The van der Waals surface area contributed by atoms with E-state index >= 15 is 0 Å². The van der Waals surface area contributed by atoms with Crippen molar-refractivity contribution in [1.82, 2.24) is 10.2 Å². The lowest BCUT2D eigenvalue weighted by molar-refractivity contribution is -0.136. The first kappa shape index (κ1) is 13.9. The maximum atomic E-state index is 12.4. The first-order chi connectivity index (χ1) is 8.71. The van der Waals surface area contributed by atoms with E-state index in [9.17, 15) is 4.79 Å². The largest absolute Gasteiger partial charge is 0.341 e. The molecule has 0 saturated carbocycles. The zero-order chi connectivity index (χ0) is 13.0. The van der Waals surface area contributed by atoms with Crippen LogP contribution in [0.25, 0.3) is 0 Å². The molecule has 0 aromatic heterocycles. The summed E-state index contributed by atoms with van der Waals surface area (Å²) in [6.07, 6.45) is 8.35. The number of nitrogens with zero attached hydrogens (tertiary/aromatic N) is 1. The van der Waals surface area contributed by atoms with Crippen LogP contribution in [0.3, 0.4) is 0 Å². The van der Waals surface area contributed by atoms with E-state index in [1.165, 1.54) is 38.5 Å². The van der Waals surface area contributed by atoms with Gasteiger partial charge in [0.25, 0.3) is 0 Å². The van der Waals surface area contributed by atoms with Crippen LogP contribution < -0.4 is 5.32 Å². The maximum Gasteiger partial charge on any atom is 0.239 e. The number of carbonyl (C=O) groups is 1. The fraction of sp³-hybridized carbons (Fsp3) is 0.933. The van der Waals surface area contributed by atoms with Crippen molar-refractivity contribution in [3.63, 3.8) is 0 Å². The Bertz CT molecular complexity index is 270. The van der Waals surface area contributed by atoms with Gasteiger partial charge in [-0.1, -0.05) is 33.1 Å². The minimum absolute atomic E-state index is 0.106. The lowest BCUT2D eigenvalue weighted by Gasteiger charge is -2.42. The molecule has 0 bridgehead atoms. The topological polar surface area (TPSA) is 32.3 Å². The van der Waals surface area contributed by atoms with Crippen LogP contribution in [0.1, 0.15) is 58.8 Å². The van der Waals surface area contributed by atoms with Gasteiger partial charge in [0.2, 0.25) is 5.91 Å². The summed E-state index contributed by atoms with van der Waals surface area (Å²) in [5.74, 6) is 0.357. The fourth-order valence-electron chi connectivity index (χ4n) is 3.44. The van der Waals surface area contributed by atoms with Crippen LogP contribution in [0.4, 0.5) is 0 Å². The summed E-state index contributed by atoms with van der Waals surface area (Å²) in [6.45, 7) is 7.54. The summed E-state index contributed by atoms with van der Waals surface area (Å²) in [6, 6.07) is 0.106. The van der Waals surface area contributed by atoms with E-state index in [4.69, 9.17) is 0 Å². The average molecular weight is 252 g/mol. The molecule has 2 fully saturated rings. The Morgan fingerprint density at radius 2 is 1.89 bits per heavy atom. The third kappa shape index (κ3) is 2.87. The van der Waals surface area contributed by atoms with Crippen molar-refractivity contribution in [1.29, 1.82) is 0 Å². The number of likely N-dealkylation sites (tertiary alicyclic amines) is 1. The molecule has 1 N–H and O–H groups in total. The predicted octanol–water partition coefficient (Wildman–Crippen LogP) is 2.56. The second-order valence-corrected chi connectivity index (χ2v) is 6.03. The van der Waals surface area contributed by atoms with Gasteiger partial charge in [-0.05, 0) is 37.6 Å². The lowest BCUT2D eigenvalue weighted by Crippen LogP contribution is -2.52. The standard InChI is InChI=1S/C15H28N2O/c1-3-15(4-2)8-11-17(12-9-15)14(18)13-7-5-6-10-16-13/h13,16H,3-12H2,1-2H3/t13-/m0/s1. The van der Waals surface area contributed by atoms with Gasteiger partial charge in [-0.2, -0.15) is 0 Å². The van der Waals surface area contributed by atoms with Crippen LogP contribution >= 0.6 is 0 Å². The Hall–Kier alpha value is -0.570. The first-order valence-electron chi connectivity index (χ1n) is 7.73. The van der Waals surface area contributed by atoms with Crippen LogP contribution in [-0.2, 0) is 4.79 Å². The SMILES string of the molecule is CCC1(CC)CCN(C(=O)[C@@H]2CCCCN2)CC1. The second kappa shape index (κ2) is 6.05. The van der Waals surface area contributed by atoms with Gasteiger partial charge in [0.05, 0.1) is 6.04 Å². The zero-order valence-corrected chi connectivity index (χ0v) is 12.0. The van der Waals surface area contributed by atoms with Crippen LogP contribution in [0.2, 0.25) is 0 Å². The van der Waals surface area contributed by atoms with Crippen molar-refractivity contribution in [2.45, 2.75) is 64.8 Å². The third-order valence-corrected chi connectivity index (χ3v) is 5.24. The molecule has 0 spiro atoms. The molecule has 2 aliphatic heterocycles. The van der Waals surface area contributed by atoms with Crippen molar-refractivity contribution in [2.24, 2.45) is 5.41 Å². The van der Waals surface area contributed by atoms with Crippen LogP contribution in [0.5, 0.6) is 0 Å². The minimum Gasteiger partial charge on any atom is -0.341 e. The molecular formula is C15H28N2O. The fourth-order valence-corrected chi connectivity index (χ4v) is 3.44. The average Bonchev–Trinajstić information content (AvgIpc) is 2.47. The molecule has 0 aliphatic carbocycles. The van der Waals surface area contributed by atoms with Gasteiger partial charge in [0, 0.05) is 13.1 Å². The molecule has 0 aromatic rings. The Morgan fingerprint density at radius 1 is 1.22 bits per heavy atom. The number of nitrogens with one attached hydrogen (secondary N) is 1. The summed E-state index contributed by atoms with van der Waals surface area (Å²) in [4.78, 5) is 14.5. The Kier molecular flexibility index (Phi) is 4.66. The van der Waals surface area contributed by atoms with Gasteiger partial charge >= 0.3 is 0 Å². The molecule has 2 heterocycles. The molecule has 2 rings (SSSR count). The van der Waals surface area contributed by atoms with Crippen molar-refractivity contribution in [3.8, 4) is 0 Å². The van der Waals surface area contributed by atoms with Crippen molar-refractivity contribution in [3.05, 3.63) is 0 Å². The molecule has 1 amide bonds.